The maximum absolute atomic E-state index is 13.4. The van der Waals surface area contributed by atoms with Crippen LogP contribution in [-0.2, 0) is 16.0 Å². The van der Waals surface area contributed by atoms with Crippen LogP contribution in [0.1, 0.15) is 68.0 Å². The number of unbranched alkanes of at least 4 members (excludes halogenated alkanes) is 2. The molecule has 1 aromatic carbocycles. The fourth-order valence-corrected chi connectivity index (χ4v) is 4.98. The number of nitrogens with zero attached hydrogens (tertiary/aromatic N) is 2. The summed E-state index contributed by atoms with van der Waals surface area (Å²) < 4.78 is 0. The standard InChI is InChI=1S/C24H32N2O2S/c1-3-5-7-12-22(27)25(15-4-2)18-23(28)26-16-13-21-20(14-17-29-21)24(26)19-10-8-6-9-11-19/h6,8-11,14,17,24H,3-5,7,12-13,15-16,18H2,1-2H3. The Morgan fingerprint density at radius 1 is 1.10 bits per heavy atom. The van der Waals surface area contributed by atoms with Gasteiger partial charge in [0, 0.05) is 24.4 Å². The SMILES string of the molecule is CCCCCC(=O)N(CCC)CC(=O)N1CCc2sccc2C1c1ccccc1. The molecule has 0 aliphatic carbocycles. The van der Waals surface area contributed by atoms with E-state index >= 15 is 0 Å². The van der Waals surface area contributed by atoms with Crippen LogP contribution in [0.25, 0.3) is 0 Å². The Hall–Kier alpha value is -2.14. The van der Waals surface area contributed by atoms with Gasteiger partial charge in [0.25, 0.3) is 0 Å². The largest absolute Gasteiger partial charge is 0.333 e. The summed E-state index contributed by atoms with van der Waals surface area (Å²) in [7, 11) is 0. The molecule has 0 spiro atoms. The van der Waals surface area contributed by atoms with Gasteiger partial charge in [-0.15, -0.1) is 11.3 Å². The van der Waals surface area contributed by atoms with E-state index in [1.807, 2.05) is 23.1 Å². The summed E-state index contributed by atoms with van der Waals surface area (Å²) in [6, 6.07) is 12.3. The number of fused-ring (bicyclic) bond motifs is 1. The van der Waals surface area contributed by atoms with E-state index in [9.17, 15) is 9.59 Å². The van der Waals surface area contributed by atoms with E-state index in [1.165, 1.54) is 10.4 Å². The van der Waals surface area contributed by atoms with Crippen molar-refractivity contribution in [1.29, 1.82) is 0 Å². The van der Waals surface area contributed by atoms with Gasteiger partial charge in [-0.05, 0) is 41.8 Å². The van der Waals surface area contributed by atoms with Gasteiger partial charge in [-0.1, -0.05) is 57.0 Å². The highest BCUT2D eigenvalue weighted by atomic mass is 32.1. The molecule has 1 unspecified atom stereocenters. The van der Waals surface area contributed by atoms with Crippen molar-refractivity contribution in [3.63, 3.8) is 0 Å². The van der Waals surface area contributed by atoms with Crippen LogP contribution >= 0.6 is 11.3 Å². The summed E-state index contributed by atoms with van der Waals surface area (Å²) in [6.45, 7) is 5.72. The number of hydrogen-bond acceptors (Lipinski definition) is 3. The minimum Gasteiger partial charge on any atom is -0.333 e. The molecule has 0 radical (unpaired) electrons. The fraction of sp³-hybridized carbons (Fsp3) is 0.500. The van der Waals surface area contributed by atoms with E-state index in [0.29, 0.717) is 19.5 Å². The molecule has 4 nitrogen and oxygen atoms in total. The zero-order valence-corrected chi connectivity index (χ0v) is 18.4. The van der Waals surface area contributed by atoms with Crippen LogP contribution in [0, 0.1) is 0 Å². The van der Waals surface area contributed by atoms with Crippen LogP contribution in [0.4, 0.5) is 0 Å². The molecule has 156 valence electrons. The molecule has 2 amide bonds. The molecule has 0 fully saturated rings. The zero-order chi connectivity index (χ0) is 20.6. The quantitative estimate of drug-likeness (QED) is 0.541. The predicted octanol–water partition coefficient (Wildman–Crippen LogP) is 5.04. The number of carbonyl (C=O) groups is 2. The molecular formula is C24H32N2O2S. The van der Waals surface area contributed by atoms with Crippen LogP contribution in [0.15, 0.2) is 41.8 Å². The zero-order valence-electron chi connectivity index (χ0n) is 17.6. The van der Waals surface area contributed by atoms with E-state index in [-0.39, 0.29) is 24.4 Å². The Morgan fingerprint density at radius 2 is 1.90 bits per heavy atom. The number of carbonyl (C=O) groups excluding carboxylic acids is 2. The average Bonchev–Trinajstić information content (AvgIpc) is 3.22. The second-order valence-electron chi connectivity index (χ2n) is 7.72. The third-order valence-electron chi connectivity index (χ3n) is 5.57. The van der Waals surface area contributed by atoms with Crippen LogP contribution in [-0.4, -0.2) is 41.2 Å². The van der Waals surface area contributed by atoms with Gasteiger partial charge in [-0.3, -0.25) is 9.59 Å². The first-order valence-corrected chi connectivity index (χ1v) is 11.7. The van der Waals surface area contributed by atoms with Crippen LogP contribution in [0.3, 0.4) is 0 Å². The lowest BCUT2D eigenvalue weighted by atomic mass is 9.93. The Kier molecular flexibility index (Phi) is 7.87. The van der Waals surface area contributed by atoms with Crippen molar-refractivity contribution < 1.29 is 9.59 Å². The molecule has 1 atom stereocenters. The molecule has 1 aliphatic heterocycles. The second kappa shape index (κ2) is 10.6. The molecule has 0 N–H and O–H groups in total. The van der Waals surface area contributed by atoms with Crippen LogP contribution in [0.5, 0.6) is 0 Å². The molecule has 5 heteroatoms. The van der Waals surface area contributed by atoms with Gasteiger partial charge in [-0.25, -0.2) is 0 Å². The summed E-state index contributed by atoms with van der Waals surface area (Å²) >= 11 is 1.77. The van der Waals surface area contributed by atoms with E-state index in [0.717, 1.165) is 37.7 Å². The smallest absolute Gasteiger partial charge is 0.242 e. The maximum Gasteiger partial charge on any atom is 0.242 e. The summed E-state index contributed by atoms with van der Waals surface area (Å²) in [5.41, 5.74) is 2.37. The Morgan fingerprint density at radius 3 is 2.62 bits per heavy atom. The number of rotatable bonds is 9. The lowest BCUT2D eigenvalue weighted by Gasteiger charge is -2.37. The molecule has 29 heavy (non-hydrogen) atoms. The first-order chi connectivity index (χ1) is 14.2. The van der Waals surface area contributed by atoms with E-state index in [4.69, 9.17) is 0 Å². The van der Waals surface area contributed by atoms with Crippen molar-refractivity contribution in [1.82, 2.24) is 9.80 Å². The number of amides is 2. The summed E-state index contributed by atoms with van der Waals surface area (Å²) in [4.78, 5) is 31.2. The van der Waals surface area contributed by atoms with Gasteiger partial charge in [0.2, 0.25) is 11.8 Å². The Balaban J connectivity index is 1.78. The fourth-order valence-electron chi connectivity index (χ4n) is 4.08. The average molecular weight is 413 g/mol. The van der Waals surface area contributed by atoms with Crippen molar-refractivity contribution in [2.75, 3.05) is 19.6 Å². The third kappa shape index (κ3) is 5.27. The molecule has 2 aromatic rings. The molecule has 1 aliphatic rings. The van der Waals surface area contributed by atoms with Gasteiger partial charge in [-0.2, -0.15) is 0 Å². The van der Waals surface area contributed by atoms with Gasteiger partial charge in [0.15, 0.2) is 0 Å². The highest BCUT2D eigenvalue weighted by Crippen LogP contribution is 2.37. The number of hydrogen-bond donors (Lipinski definition) is 0. The Labute approximate surface area is 178 Å². The van der Waals surface area contributed by atoms with Crippen molar-refractivity contribution in [3.05, 3.63) is 57.8 Å². The maximum atomic E-state index is 13.4. The van der Waals surface area contributed by atoms with Crippen LogP contribution < -0.4 is 0 Å². The molecule has 3 rings (SSSR count). The lowest BCUT2D eigenvalue weighted by molar-refractivity contribution is -0.141. The molecular weight excluding hydrogens is 380 g/mol. The molecule has 2 heterocycles. The molecule has 0 saturated heterocycles. The van der Waals surface area contributed by atoms with Crippen molar-refractivity contribution in [2.24, 2.45) is 0 Å². The van der Waals surface area contributed by atoms with Gasteiger partial charge < -0.3 is 9.80 Å². The van der Waals surface area contributed by atoms with Crippen LogP contribution in [0.2, 0.25) is 0 Å². The van der Waals surface area contributed by atoms with Crippen molar-refractivity contribution >= 4 is 23.2 Å². The number of thiophene rings is 1. The first-order valence-electron chi connectivity index (χ1n) is 10.8. The number of benzene rings is 1. The third-order valence-corrected chi connectivity index (χ3v) is 6.56. The Bertz CT molecular complexity index is 802. The summed E-state index contributed by atoms with van der Waals surface area (Å²) in [6.07, 6.45) is 5.35. The van der Waals surface area contributed by atoms with Gasteiger partial charge >= 0.3 is 0 Å². The van der Waals surface area contributed by atoms with Crippen molar-refractivity contribution in [2.45, 2.75) is 58.4 Å². The highest BCUT2D eigenvalue weighted by molar-refractivity contribution is 7.10. The van der Waals surface area contributed by atoms with E-state index in [2.05, 4.69) is 37.4 Å². The minimum atomic E-state index is -0.0580. The predicted molar refractivity (Wildman–Crippen MR) is 119 cm³/mol. The topological polar surface area (TPSA) is 40.6 Å². The van der Waals surface area contributed by atoms with E-state index in [1.54, 1.807) is 16.2 Å². The normalized spacial score (nSPS) is 15.8. The van der Waals surface area contributed by atoms with Crippen molar-refractivity contribution in [3.8, 4) is 0 Å². The molecule has 1 aromatic heterocycles. The lowest BCUT2D eigenvalue weighted by Crippen LogP contribution is -2.47. The van der Waals surface area contributed by atoms with Gasteiger partial charge in [0.1, 0.15) is 0 Å². The summed E-state index contributed by atoms with van der Waals surface area (Å²) in [5, 5.41) is 2.12. The second-order valence-corrected chi connectivity index (χ2v) is 8.72. The molecule has 0 saturated carbocycles. The summed E-state index contributed by atoms with van der Waals surface area (Å²) in [5.74, 6) is 0.158. The first kappa shape index (κ1) is 21.6. The molecule has 0 bridgehead atoms. The van der Waals surface area contributed by atoms with Gasteiger partial charge in [0.05, 0.1) is 12.6 Å². The highest BCUT2D eigenvalue weighted by Gasteiger charge is 2.33. The monoisotopic (exact) mass is 412 g/mol. The minimum absolute atomic E-state index is 0.0491. The van der Waals surface area contributed by atoms with E-state index < -0.39 is 0 Å².